The molecule has 1 unspecified atom stereocenters. The molecule has 2 amide bonds. The Kier molecular flexibility index (Phi) is 6.87. The largest absolute Gasteiger partial charge is 0.325 e. The van der Waals surface area contributed by atoms with E-state index in [1.165, 1.54) is 18.2 Å². The van der Waals surface area contributed by atoms with Gasteiger partial charge in [0.15, 0.2) is 0 Å². The van der Waals surface area contributed by atoms with Gasteiger partial charge in [-0.05, 0) is 29.8 Å². The van der Waals surface area contributed by atoms with E-state index >= 15 is 0 Å². The van der Waals surface area contributed by atoms with Crippen molar-refractivity contribution in [2.45, 2.75) is 12.3 Å². The number of carbonyl (C=O) groups is 2. The van der Waals surface area contributed by atoms with Gasteiger partial charge in [0, 0.05) is 34.6 Å². The highest BCUT2D eigenvalue weighted by atomic mass is 79.9. The number of nitro groups is 1. The molecule has 8 nitrogen and oxygen atoms in total. The number of nitro benzene ring substituents is 1. The Bertz CT molecular complexity index is 1080. The van der Waals surface area contributed by atoms with Gasteiger partial charge in [-0.3, -0.25) is 19.7 Å². The van der Waals surface area contributed by atoms with Crippen LogP contribution in [0.5, 0.6) is 0 Å². The molecule has 0 aliphatic carbocycles. The first kappa shape index (κ1) is 21.5. The first-order valence-electron chi connectivity index (χ1n) is 8.74. The third kappa shape index (κ3) is 5.25. The van der Waals surface area contributed by atoms with Gasteiger partial charge >= 0.3 is 0 Å². The van der Waals surface area contributed by atoms with Crippen molar-refractivity contribution in [2.75, 3.05) is 11.1 Å². The van der Waals surface area contributed by atoms with Crippen molar-refractivity contribution in [1.82, 2.24) is 5.32 Å². The van der Waals surface area contributed by atoms with Gasteiger partial charge in [-0.1, -0.05) is 39.8 Å². The fourth-order valence-corrected chi connectivity index (χ4v) is 4.08. The van der Waals surface area contributed by atoms with E-state index in [2.05, 4.69) is 32.6 Å². The molecule has 1 atom stereocenters. The zero-order valence-electron chi connectivity index (χ0n) is 15.4. The third-order valence-corrected chi connectivity index (χ3v) is 5.86. The zero-order valence-corrected chi connectivity index (χ0v) is 17.8. The van der Waals surface area contributed by atoms with E-state index in [9.17, 15) is 25.0 Å². The van der Waals surface area contributed by atoms with Crippen LogP contribution in [0.2, 0.25) is 0 Å². The minimum atomic E-state index is -0.610. The normalized spacial score (nSPS) is 15.9. The Hall–Kier alpha value is -3.16. The molecule has 152 valence electrons. The maximum Gasteiger partial charge on any atom is 0.269 e. The van der Waals surface area contributed by atoms with Crippen molar-refractivity contribution in [1.29, 1.82) is 5.26 Å². The van der Waals surface area contributed by atoms with Crippen LogP contribution in [0.15, 0.2) is 63.6 Å². The molecular formula is C20H15BrN4O4S. The first-order valence-corrected chi connectivity index (χ1v) is 10.5. The number of non-ortho nitro benzene ring substituents is 1. The Morgan fingerprint density at radius 3 is 2.73 bits per heavy atom. The van der Waals surface area contributed by atoms with Crippen molar-refractivity contribution >= 4 is 50.9 Å². The monoisotopic (exact) mass is 486 g/mol. The van der Waals surface area contributed by atoms with Crippen LogP contribution in [0, 0.1) is 21.4 Å². The average molecular weight is 487 g/mol. The number of amides is 2. The maximum atomic E-state index is 12.3. The van der Waals surface area contributed by atoms with Gasteiger partial charge in [-0.2, -0.15) is 5.26 Å². The molecule has 0 saturated carbocycles. The number of hydrogen-bond acceptors (Lipinski definition) is 6. The van der Waals surface area contributed by atoms with E-state index < -0.39 is 10.8 Å². The van der Waals surface area contributed by atoms with Gasteiger partial charge in [0.05, 0.1) is 27.3 Å². The second-order valence-electron chi connectivity index (χ2n) is 6.36. The fraction of sp³-hybridized carbons (Fsp3) is 0.150. The minimum absolute atomic E-state index is 0.000783. The number of benzene rings is 2. The Labute approximate surface area is 184 Å². The fourth-order valence-electron chi connectivity index (χ4n) is 2.94. The van der Waals surface area contributed by atoms with Crippen molar-refractivity contribution in [3.8, 4) is 6.07 Å². The minimum Gasteiger partial charge on any atom is -0.325 e. The van der Waals surface area contributed by atoms with Gasteiger partial charge < -0.3 is 10.6 Å². The number of rotatable bonds is 6. The van der Waals surface area contributed by atoms with Crippen molar-refractivity contribution < 1.29 is 14.5 Å². The van der Waals surface area contributed by atoms with E-state index in [4.69, 9.17) is 0 Å². The van der Waals surface area contributed by atoms with Crippen LogP contribution in [-0.4, -0.2) is 22.5 Å². The van der Waals surface area contributed by atoms with Gasteiger partial charge in [-0.15, -0.1) is 0 Å². The van der Waals surface area contributed by atoms with Crippen LogP contribution in [-0.2, 0) is 9.59 Å². The Morgan fingerprint density at radius 1 is 1.33 bits per heavy atom. The summed E-state index contributed by atoms with van der Waals surface area (Å²) in [5, 5.41) is 26.4. The molecule has 2 aromatic carbocycles. The number of nitriles is 1. The molecule has 10 heteroatoms. The predicted octanol–water partition coefficient (Wildman–Crippen LogP) is 4.07. The van der Waals surface area contributed by atoms with Gasteiger partial charge in [0.2, 0.25) is 11.8 Å². The summed E-state index contributed by atoms with van der Waals surface area (Å²) in [6.45, 7) is 0. The topological polar surface area (TPSA) is 125 Å². The molecule has 0 spiro atoms. The molecule has 1 aliphatic rings. The molecule has 0 aromatic heterocycles. The van der Waals surface area contributed by atoms with Crippen LogP contribution < -0.4 is 10.6 Å². The van der Waals surface area contributed by atoms with Crippen LogP contribution >= 0.6 is 27.7 Å². The van der Waals surface area contributed by atoms with E-state index in [-0.39, 0.29) is 40.3 Å². The summed E-state index contributed by atoms with van der Waals surface area (Å²) in [6.07, 6.45) is -0.000783. The summed E-state index contributed by atoms with van der Waals surface area (Å²) in [4.78, 5) is 35.0. The maximum absolute atomic E-state index is 12.3. The lowest BCUT2D eigenvalue weighted by Crippen LogP contribution is -2.31. The van der Waals surface area contributed by atoms with Gasteiger partial charge in [-0.25, -0.2) is 0 Å². The number of nitrogens with one attached hydrogen (secondary N) is 2. The van der Waals surface area contributed by atoms with Crippen molar-refractivity contribution in [3.05, 3.63) is 79.3 Å². The molecule has 0 bridgehead atoms. The summed E-state index contributed by atoms with van der Waals surface area (Å²) >= 11 is 4.36. The zero-order chi connectivity index (χ0) is 21.7. The smallest absolute Gasteiger partial charge is 0.269 e. The van der Waals surface area contributed by atoms with Crippen LogP contribution in [0.4, 0.5) is 11.4 Å². The van der Waals surface area contributed by atoms with E-state index in [1.54, 1.807) is 30.3 Å². The molecule has 0 saturated heterocycles. The lowest BCUT2D eigenvalue weighted by molar-refractivity contribution is -0.384. The van der Waals surface area contributed by atoms with Crippen LogP contribution in [0.3, 0.4) is 0 Å². The lowest BCUT2D eigenvalue weighted by Gasteiger charge is -2.24. The number of halogens is 1. The summed E-state index contributed by atoms with van der Waals surface area (Å²) in [5.74, 6) is -1.24. The molecule has 30 heavy (non-hydrogen) atoms. The summed E-state index contributed by atoms with van der Waals surface area (Å²) in [6, 6.07) is 15.1. The first-order chi connectivity index (χ1) is 14.4. The second-order valence-corrected chi connectivity index (χ2v) is 8.26. The number of thioether (sulfide) groups is 1. The second kappa shape index (κ2) is 9.56. The molecular weight excluding hydrogens is 472 g/mol. The van der Waals surface area contributed by atoms with Gasteiger partial charge in [0.1, 0.15) is 0 Å². The highest BCUT2D eigenvalue weighted by Crippen LogP contribution is 2.36. The SMILES string of the molecule is N#CC1=C(SCC(=O)Nc2ccc(Br)cc2)NC(=O)CC1c1cccc([N+](=O)[O-])c1. The molecule has 0 fully saturated rings. The molecule has 0 radical (unpaired) electrons. The van der Waals surface area contributed by atoms with Crippen molar-refractivity contribution in [2.24, 2.45) is 0 Å². The number of hydrogen-bond donors (Lipinski definition) is 2. The molecule has 1 heterocycles. The summed E-state index contributed by atoms with van der Waals surface area (Å²) in [5.41, 5.74) is 1.30. The molecule has 1 aliphatic heterocycles. The number of anilines is 1. The highest BCUT2D eigenvalue weighted by Gasteiger charge is 2.30. The molecule has 2 aromatic rings. The number of carbonyl (C=O) groups excluding carboxylic acids is 2. The van der Waals surface area contributed by atoms with Gasteiger partial charge in [0.25, 0.3) is 5.69 Å². The summed E-state index contributed by atoms with van der Waals surface area (Å²) < 4.78 is 0.885. The average Bonchev–Trinajstić information content (AvgIpc) is 2.73. The van der Waals surface area contributed by atoms with Crippen LogP contribution in [0.25, 0.3) is 0 Å². The van der Waals surface area contributed by atoms with E-state index in [0.717, 1.165) is 16.2 Å². The third-order valence-electron chi connectivity index (χ3n) is 4.31. The quantitative estimate of drug-likeness (QED) is 0.468. The van der Waals surface area contributed by atoms with Crippen molar-refractivity contribution in [3.63, 3.8) is 0 Å². The Balaban J connectivity index is 1.78. The standard InChI is InChI=1S/C20H15BrN4O4S/c21-13-4-6-14(7-5-13)23-19(27)11-30-20-17(10-22)16(9-18(26)24-20)12-2-1-3-15(8-12)25(28)29/h1-8,16H,9,11H2,(H,23,27)(H,24,26). The molecule has 2 N–H and O–H groups in total. The predicted molar refractivity (Wildman–Crippen MR) is 116 cm³/mol. The number of allylic oxidation sites excluding steroid dienone is 1. The number of nitrogens with zero attached hydrogens (tertiary/aromatic N) is 2. The van der Waals surface area contributed by atoms with Crippen LogP contribution in [0.1, 0.15) is 17.9 Å². The lowest BCUT2D eigenvalue weighted by atomic mass is 9.87. The highest BCUT2D eigenvalue weighted by molar-refractivity contribution is 9.10. The summed E-state index contributed by atoms with van der Waals surface area (Å²) in [7, 11) is 0. The van der Waals surface area contributed by atoms with E-state index in [0.29, 0.717) is 11.3 Å². The Morgan fingerprint density at radius 2 is 2.07 bits per heavy atom. The van der Waals surface area contributed by atoms with E-state index in [1.807, 2.05) is 0 Å². The molecule has 3 rings (SSSR count).